The fourth-order valence-electron chi connectivity index (χ4n) is 2.81. The van der Waals surface area contributed by atoms with Crippen LogP contribution in [0.25, 0.3) is 6.08 Å². The standard InChI is InChI=1S/C21H19BrN2O5/c1-4-29-21(27)14-5-7-15(8-6-14)24-20(26)16(12(2)23-24)9-13-10-17(22)19(25)18(11-13)28-3/h5-11,25H,4H2,1-3H3. The highest BCUT2D eigenvalue weighted by molar-refractivity contribution is 9.10. The number of hydrogen-bond acceptors (Lipinski definition) is 6. The first-order valence-corrected chi connectivity index (χ1v) is 9.60. The minimum atomic E-state index is -0.418. The molecule has 0 saturated carbocycles. The molecule has 0 spiro atoms. The topological polar surface area (TPSA) is 88.4 Å². The zero-order chi connectivity index (χ0) is 21.1. The van der Waals surface area contributed by atoms with Crippen LogP contribution in [0, 0.1) is 0 Å². The van der Waals surface area contributed by atoms with E-state index in [0.29, 0.717) is 39.2 Å². The molecular formula is C21H19BrN2O5. The molecule has 0 aromatic heterocycles. The summed E-state index contributed by atoms with van der Waals surface area (Å²) in [7, 11) is 1.45. The molecule has 29 heavy (non-hydrogen) atoms. The van der Waals surface area contributed by atoms with Gasteiger partial charge in [-0.25, -0.2) is 4.79 Å². The molecule has 2 aromatic rings. The molecule has 150 valence electrons. The van der Waals surface area contributed by atoms with Crippen LogP contribution in [0.2, 0.25) is 0 Å². The first-order chi connectivity index (χ1) is 13.8. The van der Waals surface area contributed by atoms with E-state index in [1.165, 1.54) is 12.1 Å². The predicted molar refractivity (Wildman–Crippen MR) is 113 cm³/mol. The average Bonchev–Trinajstić information content (AvgIpc) is 2.99. The van der Waals surface area contributed by atoms with Gasteiger partial charge < -0.3 is 14.6 Å². The van der Waals surface area contributed by atoms with Gasteiger partial charge in [0, 0.05) is 0 Å². The van der Waals surface area contributed by atoms with Gasteiger partial charge in [0.1, 0.15) is 0 Å². The van der Waals surface area contributed by atoms with Crippen LogP contribution in [0.3, 0.4) is 0 Å². The van der Waals surface area contributed by atoms with Crippen LogP contribution in [0.5, 0.6) is 11.5 Å². The molecule has 0 unspecified atom stereocenters. The first kappa shape index (κ1) is 20.6. The molecule has 7 nitrogen and oxygen atoms in total. The summed E-state index contributed by atoms with van der Waals surface area (Å²) < 4.78 is 10.6. The highest BCUT2D eigenvalue weighted by atomic mass is 79.9. The molecule has 0 fully saturated rings. The Hall–Kier alpha value is -3.13. The predicted octanol–water partition coefficient (Wildman–Crippen LogP) is 4.15. The molecule has 0 aliphatic carbocycles. The summed E-state index contributed by atoms with van der Waals surface area (Å²) in [6, 6.07) is 9.78. The Morgan fingerprint density at radius 2 is 1.97 bits per heavy atom. The van der Waals surface area contributed by atoms with Crippen LogP contribution in [0.15, 0.2) is 51.5 Å². The van der Waals surface area contributed by atoms with Crippen LogP contribution in [-0.4, -0.2) is 36.4 Å². The number of carbonyl (C=O) groups is 2. The Morgan fingerprint density at radius 3 is 2.59 bits per heavy atom. The number of halogens is 1. The highest BCUT2D eigenvalue weighted by Gasteiger charge is 2.29. The third-order valence-electron chi connectivity index (χ3n) is 4.27. The molecular weight excluding hydrogens is 440 g/mol. The number of phenolic OH excluding ortho intramolecular Hbond substituents is 1. The van der Waals surface area contributed by atoms with Gasteiger partial charge in [0.15, 0.2) is 11.5 Å². The summed E-state index contributed by atoms with van der Waals surface area (Å²) in [5, 5.41) is 15.6. The van der Waals surface area contributed by atoms with E-state index in [9.17, 15) is 14.7 Å². The second kappa shape index (κ2) is 8.48. The van der Waals surface area contributed by atoms with E-state index < -0.39 is 5.97 Å². The summed E-state index contributed by atoms with van der Waals surface area (Å²) >= 11 is 3.27. The van der Waals surface area contributed by atoms with Crippen LogP contribution in [-0.2, 0) is 9.53 Å². The maximum Gasteiger partial charge on any atom is 0.338 e. The lowest BCUT2D eigenvalue weighted by atomic mass is 10.1. The Balaban J connectivity index is 1.88. The van der Waals surface area contributed by atoms with Crippen LogP contribution in [0.4, 0.5) is 5.69 Å². The van der Waals surface area contributed by atoms with E-state index in [1.54, 1.807) is 56.3 Å². The Bertz CT molecular complexity index is 1030. The van der Waals surface area contributed by atoms with Gasteiger partial charge in [-0.2, -0.15) is 10.1 Å². The van der Waals surface area contributed by atoms with Crippen molar-refractivity contribution in [3.63, 3.8) is 0 Å². The Labute approximate surface area is 176 Å². The van der Waals surface area contributed by atoms with Crippen LogP contribution >= 0.6 is 15.9 Å². The van der Waals surface area contributed by atoms with Gasteiger partial charge in [-0.3, -0.25) is 4.79 Å². The van der Waals surface area contributed by atoms with Gasteiger partial charge in [-0.15, -0.1) is 0 Å². The number of esters is 1. The molecule has 1 aliphatic rings. The van der Waals surface area contributed by atoms with Crippen molar-refractivity contribution in [3.8, 4) is 11.5 Å². The molecule has 0 saturated heterocycles. The largest absolute Gasteiger partial charge is 0.503 e. The zero-order valence-corrected chi connectivity index (χ0v) is 17.7. The summed E-state index contributed by atoms with van der Waals surface area (Å²) in [5.41, 5.74) is 2.57. The fourth-order valence-corrected chi connectivity index (χ4v) is 3.27. The van der Waals surface area contributed by atoms with Crippen molar-refractivity contribution in [2.75, 3.05) is 18.7 Å². The van der Waals surface area contributed by atoms with Crippen molar-refractivity contribution in [3.05, 3.63) is 57.6 Å². The normalized spacial score (nSPS) is 14.9. The van der Waals surface area contributed by atoms with Gasteiger partial charge in [-0.1, -0.05) is 0 Å². The maximum absolute atomic E-state index is 12.9. The van der Waals surface area contributed by atoms with Gasteiger partial charge in [0.2, 0.25) is 0 Å². The summed E-state index contributed by atoms with van der Waals surface area (Å²) in [4.78, 5) is 24.7. The number of aromatic hydroxyl groups is 1. The second-order valence-electron chi connectivity index (χ2n) is 6.18. The van der Waals surface area contributed by atoms with E-state index in [-0.39, 0.29) is 17.4 Å². The van der Waals surface area contributed by atoms with E-state index in [1.807, 2.05) is 0 Å². The number of carbonyl (C=O) groups excluding carboxylic acids is 2. The Kier molecular flexibility index (Phi) is 6.03. The molecule has 0 radical (unpaired) electrons. The molecule has 0 atom stereocenters. The van der Waals surface area contributed by atoms with Crippen molar-refractivity contribution >= 4 is 45.3 Å². The molecule has 1 N–H and O–H groups in total. The number of benzene rings is 2. The molecule has 1 aliphatic heterocycles. The molecule has 8 heteroatoms. The van der Waals surface area contributed by atoms with Crippen molar-refractivity contribution < 1.29 is 24.2 Å². The SMILES string of the molecule is CCOC(=O)c1ccc(N2N=C(C)C(=Cc3cc(Br)c(O)c(OC)c3)C2=O)cc1. The second-order valence-corrected chi connectivity index (χ2v) is 7.04. The number of amides is 1. The number of rotatable bonds is 5. The van der Waals surface area contributed by atoms with Crippen molar-refractivity contribution in [1.29, 1.82) is 0 Å². The average molecular weight is 459 g/mol. The van der Waals surface area contributed by atoms with Crippen LogP contribution < -0.4 is 9.75 Å². The summed E-state index contributed by atoms with van der Waals surface area (Å²) in [6.45, 7) is 3.77. The van der Waals surface area contributed by atoms with Crippen molar-refractivity contribution in [1.82, 2.24) is 0 Å². The van der Waals surface area contributed by atoms with Gasteiger partial charge in [0.25, 0.3) is 5.91 Å². The number of ether oxygens (including phenoxy) is 2. The lowest BCUT2D eigenvalue weighted by molar-refractivity contribution is -0.114. The highest BCUT2D eigenvalue weighted by Crippen LogP contribution is 2.36. The number of hydrazone groups is 1. The maximum atomic E-state index is 12.9. The molecule has 1 amide bonds. The van der Waals surface area contributed by atoms with Gasteiger partial charge >= 0.3 is 5.97 Å². The van der Waals surface area contributed by atoms with E-state index in [2.05, 4.69) is 21.0 Å². The monoisotopic (exact) mass is 458 g/mol. The molecule has 2 aromatic carbocycles. The molecule has 1 heterocycles. The summed E-state index contributed by atoms with van der Waals surface area (Å²) in [6.07, 6.45) is 1.68. The summed E-state index contributed by atoms with van der Waals surface area (Å²) in [5.74, 6) is -0.438. The molecule has 3 rings (SSSR count). The van der Waals surface area contributed by atoms with Crippen LogP contribution in [0.1, 0.15) is 29.8 Å². The third kappa shape index (κ3) is 4.17. The number of methoxy groups -OCH3 is 1. The number of nitrogens with zero attached hydrogens (tertiary/aromatic N) is 2. The minimum Gasteiger partial charge on any atom is -0.503 e. The van der Waals surface area contributed by atoms with Gasteiger partial charge in [0.05, 0.1) is 40.7 Å². The minimum absolute atomic E-state index is 0.0129. The smallest absolute Gasteiger partial charge is 0.338 e. The number of anilines is 1. The molecule has 0 bridgehead atoms. The lowest BCUT2D eigenvalue weighted by Gasteiger charge is -2.12. The van der Waals surface area contributed by atoms with Crippen molar-refractivity contribution in [2.45, 2.75) is 13.8 Å². The third-order valence-corrected chi connectivity index (χ3v) is 4.87. The fraction of sp³-hybridized carbons (Fsp3) is 0.190. The number of phenols is 1. The lowest BCUT2D eigenvalue weighted by Crippen LogP contribution is -2.21. The first-order valence-electron chi connectivity index (χ1n) is 8.81. The van der Waals surface area contributed by atoms with E-state index in [0.717, 1.165) is 0 Å². The zero-order valence-electron chi connectivity index (χ0n) is 16.1. The van der Waals surface area contributed by atoms with E-state index in [4.69, 9.17) is 9.47 Å². The Morgan fingerprint density at radius 1 is 1.28 bits per heavy atom. The van der Waals surface area contributed by atoms with E-state index >= 15 is 0 Å². The number of hydrogen-bond donors (Lipinski definition) is 1. The van der Waals surface area contributed by atoms with Gasteiger partial charge in [-0.05, 0) is 77.8 Å². The van der Waals surface area contributed by atoms with Crippen molar-refractivity contribution in [2.24, 2.45) is 5.10 Å². The quantitative estimate of drug-likeness (QED) is 0.536.